The SMILES string of the molecule is COc1cc2c(cc1OC)C(c1cc(F)ccc1OCC(=O)O)NCC2. The van der Waals surface area contributed by atoms with Crippen LogP contribution in [0, 0.1) is 5.82 Å². The highest BCUT2D eigenvalue weighted by Crippen LogP contribution is 2.39. The van der Waals surface area contributed by atoms with Crippen LogP contribution in [0.2, 0.25) is 0 Å². The van der Waals surface area contributed by atoms with Gasteiger partial charge in [-0.25, -0.2) is 9.18 Å². The molecule has 138 valence electrons. The van der Waals surface area contributed by atoms with E-state index in [1.807, 2.05) is 12.1 Å². The fraction of sp³-hybridized carbons (Fsp3) is 0.316. The van der Waals surface area contributed by atoms with Crippen LogP contribution in [0.4, 0.5) is 4.39 Å². The highest BCUT2D eigenvalue weighted by atomic mass is 19.1. The zero-order valence-electron chi connectivity index (χ0n) is 14.5. The first-order valence-electron chi connectivity index (χ1n) is 8.15. The predicted molar refractivity (Wildman–Crippen MR) is 92.6 cm³/mol. The van der Waals surface area contributed by atoms with Crippen molar-refractivity contribution in [3.8, 4) is 17.2 Å². The number of halogens is 1. The van der Waals surface area contributed by atoms with Gasteiger partial charge in [0.25, 0.3) is 0 Å². The molecule has 1 atom stereocenters. The highest BCUT2D eigenvalue weighted by molar-refractivity contribution is 5.68. The van der Waals surface area contributed by atoms with E-state index < -0.39 is 18.4 Å². The van der Waals surface area contributed by atoms with Crippen LogP contribution in [0.5, 0.6) is 17.2 Å². The fourth-order valence-electron chi connectivity index (χ4n) is 3.18. The minimum atomic E-state index is -1.09. The van der Waals surface area contributed by atoms with E-state index >= 15 is 0 Å². The maximum absolute atomic E-state index is 13.9. The first-order valence-corrected chi connectivity index (χ1v) is 8.15. The molecule has 1 aliphatic rings. The summed E-state index contributed by atoms with van der Waals surface area (Å²) in [6, 6.07) is 7.48. The molecule has 0 aromatic heterocycles. The van der Waals surface area contributed by atoms with Crippen molar-refractivity contribution in [3.05, 3.63) is 52.8 Å². The summed E-state index contributed by atoms with van der Waals surface area (Å²) in [7, 11) is 3.13. The second-order valence-electron chi connectivity index (χ2n) is 5.91. The van der Waals surface area contributed by atoms with Crippen molar-refractivity contribution in [1.82, 2.24) is 5.32 Å². The Kier molecular flexibility index (Phi) is 5.27. The van der Waals surface area contributed by atoms with Crippen molar-refractivity contribution >= 4 is 5.97 Å². The number of hydrogen-bond acceptors (Lipinski definition) is 5. The van der Waals surface area contributed by atoms with Crippen molar-refractivity contribution in [1.29, 1.82) is 0 Å². The summed E-state index contributed by atoms with van der Waals surface area (Å²) >= 11 is 0. The number of rotatable bonds is 6. The third-order valence-electron chi connectivity index (χ3n) is 4.33. The standard InChI is InChI=1S/C19H20FNO5/c1-24-16-7-11-5-6-21-19(13(11)9-17(16)25-2)14-8-12(20)3-4-15(14)26-10-18(22)23/h3-4,7-9,19,21H,5-6,10H2,1-2H3,(H,22,23). The number of hydrogen-bond donors (Lipinski definition) is 2. The van der Waals surface area contributed by atoms with Gasteiger partial charge in [0, 0.05) is 12.1 Å². The van der Waals surface area contributed by atoms with Crippen LogP contribution in [0.1, 0.15) is 22.7 Å². The highest BCUT2D eigenvalue weighted by Gasteiger charge is 2.27. The lowest BCUT2D eigenvalue weighted by Gasteiger charge is -2.29. The summed E-state index contributed by atoms with van der Waals surface area (Å²) in [5, 5.41) is 12.2. The van der Waals surface area contributed by atoms with Gasteiger partial charge in [0.05, 0.1) is 20.3 Å². The molecule has 0 fully saturated rings. The number of carboxylic acid groups (broad SMARTS) is 1. The second kappa shape index (κ2) is 7.61. The molecule has 7 heteroatoms. The van der Waals surface area contributed by atoms with Crippen LogP contribution in [0.15, 0.2) is 30.3 Å². The van der Waals surface area contributed by atoms with Crippen LogP contribution in [-0.4, -0.2) is 38.4 Å². The Bertz CT molecular complexity index is 824. The Labute approximate surface area is 150 Å². The predicted octanol–water partition coefficient (Wildman–Crippen LogP) is 2.54. The van der Waals surface area contributed by atoms with Crippen molar-refractivity contribution in [2.45, 2.75) is 12.5 Å². The first-order chi connectivity index (χ1) is 12.5. The van der Waals surface area contributed by atoms with Gasteiger partial charge in [-0.2, -0.15) is 0 Å². The summed E-state index contributed by atoms with van der Waals surface area (Å²) in [6.07, 6.45) is 0.785. The Morgan fingerprint density at radius 3 is 2.58 bits per heavy atom. The van der Waals surface area contributed by atoms with Crippen molar-refractivity contribution in [3.63, 3.8) is 0 Å². The molecule has 0 aliphatic carbocycles. The van der Waals surface area contributed by atoms with Crippen molar-refractivity contribution in [2.24, 2.45) is 0 Å². The summed E-state index contributed by atoms with van der Waals surface area (Å²) in [5.41, 5.74) is 2.51. The van der Waals surface area contributed by atoms with Crippen molar-refractivity contribution < 1.29 is 28.5 Å². The molecule has 2 N–H and O–H groups in total. The molecule has 0 spiro atoms. The van der Waals surface area contributed by atoms with Gasteiger partial charge in [0.15, 0.2) is 18.1 Å². The fourth-order valence-corrected chi connectivity index (χ4v) is 3.18. The quantitative estimate of drug-likeness (QED) is 0.823. The van der Waals surface area contributed by atoms with E-state index in [1.54, 1.807) is 14.2 Å². The molecule has 0 bridgehead atoms. The molecule has 0 radical (unpaired) electrons. The van der Waals surface area contributed by atoms with E-state index in [4.69, 9.17) is 19.3 Å². The molecule has 1 heterocycles. The van der Waals surface area contributed by atoms with Gasteiger partial charge in [-0.1, -0.05) is 0 Å². The summed E-state index contributed by atoms with van der Waals surface area (Å²) in [4.78, 5) is 10.8. The molecule has 2 aromatic rings. The minimum Gasteiger partial charge on any atom is -0.493 e. The number of carboxylic acids is 1. The number of ether oxygens (including phenoxy) is 3. The molecule has 0 saturated heterocycles. The smallest absolute Gasteiger partial charge is 0.341 e. The molecule has 26 heavy (non-hydrogen) atoms. The maximum atomic E-state index is 13.9. The summed E-state index contributed by atoms with van der Waals surface area (Å²) in [5.74, 6) is 0.0209. The monoisotopic (exact) mass is 361 g/mol. The van der Waals surface area contributed by atoms with Gasteiger partial charge in [0.2, 0.25) is 0 Å². The Hall–Kier alpha value is -2.80. The number of aliphatic carboxylic acids is 1. The van der Waals surface area contributed by atoms with Gasteiger partial charge in [-0.3, -0.25) is 0 Å². The third kappa shape index (κ3) is 3.57. The molecule has 6 nitrogen and oxygen atoms in total. The first kappa shape index (κ1) is 18.0. The molecular formula is C19H20FNO5. The molecule has 1 unspecified atom stereocenters. The van der Waals surface area contributed by atoms with Gasteiger partial charge >= 0.3 is 5.97 Å². The largest absolute Gasteiger partial charge is 0.493 e. The number of benzene rings is 2. The number of carbonyl (C=O) groups is 1. The van der Waals surface area contributed by atoms with E-state index in [1.165, 1.54) is 18.2 Å². The van der Waals surface area contributed by atoms with Gasteiger partial charge in [-0.05, 0) is 47.9 Å². The van der Waals surface area contributed by atoms with Gasteiger partial charge in [-0.15, -0.1) is 0 Å². The van der Waals surface area contributed by atoms with E-state index in [-0.39, 0.29) is 6.04 Å². The lowest BCUT2D eigenvalue weighted by Crippen LogP contribution is -2.31. The van der Waals surface area contributed by atoms with E-state index in [0.29, 0.717) is 29.4 Å². The van der Waals surface area contributed by atoms with Gasteiger partial charge < -0.3 is 24.6 Å². The van der Waals surface area contributed by atoms with Crippen LogP contribution in [-0.2, 0) is 11.2 Å². The van der Waals surface area contributed by atoms with E-state index in [2.05, 4.69) is 5.32 Å². The normalized spacial score (nSPS) is 15.9. The molecule has 3 rings (SSSR count). The Balaban J connectivity index is 2.06. The third-order valence-corrected chi connectivity index (χ3v) is 4.33. The van der Waals surface area contributed by atoms with E-state index in [0.717, 1.165) is 17.5 Å². The number of methoxy groups -OCH3 is 2. The Morgan fingerprint density at radius 2 is 1.88 bits per heavy atom. The number of nitrogens with one attached hydrogen (secondary N) is 1. The van der Waals surface area contributed by atoms with Crippen LogP contribution in [0.25, 0.3) is 0 Å². The topological polar surface area (TPSA) is 77.0 Å². The Morgan fingerprint density at radius 1 is 1.15 bits per heavy atom. The average molecular weight is 361 g/mol. The van der Waals surface area contributed by atoms with Crippen LogP contribution in [0.3, 0.4) is 0 Å². The lowest BCUT2D eigenvalue weighted by molar-refractivity contribution is -0.139. The summed E-state index contributed by atoms with van der Waals surface area (Å²) < 4.78 is 30.0. The molecule has 2 aromatic carbocycles. The minimum absolute atomic E-state index is 0.328. The number of fused-ring (bicyclic) bond motifs is 1. The molecule has 1 aliphatic heterocycles. The van der Waals surface area contributed by atoms with Crippen molar-refractivity contribution in [2.75, 3.05) is 27.4 Å². The molecular weight excluding hydrogens is 341 g/mol. The lowest BCUT2D eigenvalue weighted by atomic mass is 9.89. The van der Waals surface area contributed by atoms with Gasteiger partial charge in [0.1, 0.15) is 11.6 Å². The molecule has 0 saturated carbocycles. The zero-order chi connectivity index (χ0) is 18.7. The zero-order valence-corrected chi connectivity index (χ0v) is 14.5. The average Bonchev–Trinajstić information content (AvgIpc) is 2.65. The summed E-state index contributed by atoms with van der Waals surface area (Å²) in [6.45, 7) is 0.187. The maximum Gasteiger partial charge on any atom is 0.341 e. The second-order valence-corrected chi connectivity index (χ2v) is 5.91. The van der Waals surface area contributed by atoms with Crippen LogP contribution < -0.4 is 19.5 Å². The van der Waals surface area contributed by atoms with E-state index in [9.17, 15) is 9.18 Å². The van der Waals surface area contributed by atoms with Crippen LogP contribution >= 0.6 is 0 Å². The molecule has 0 amide bonds.